The summed E-state index contributed by atoms with van der Waals surface area (Å²) in [7, 11) is -2.72. The zero-order chi connectivity index (χ0) is 10.6. The lowest BCUT2D eigenvalue weighted by molar-refractivity contribution is -0.114. The number of rotatable bonds is 5. The molecule has 0 aliphatic rings. The predicted molar refractivity (Wildman–Crippen MR) is 48.3 cm³/mol. The van der Waals surface area contributed by atoms with Crippen LogP contribution in [-0.2, 0) is 19.1 Å². The summed E-state index contributed by atoms with van der Waals surface area (Å²) < 4.78 is 26.6. The third-order valence-electron chi connectivity index (χ3n) is 1.66. The molecule has 0 aliphatic carbocycles. The largest absolute Gasteiger partial charge is 0.366 e. The highest BCUT2D eigenvalue weighted by molar-refractivity contribution is 7.87. The highest BCUT2D eigenvalue weighted by Crippen LogP contribution is 2.15. The van der Waals surface area contributed by atoms with Gasteiger partial charge in [-0.15, -0.1) is 0 Å². The molecule has 5 nitrogen and oxygen atoms in total. The minimum atomic E-state index is -3.75. The third kappa shape index (κ3) is 2.82. The Morgan fingerprint density at radius 3 is 2.31 bits per heavy atom. The van der Waals surface area contributed by atoms with Crippen LogP contribution >= 0.6 is 0 Å². The van der Waals surface area contributed by atoms with Gasteiger partial charge in [0, 0.05) is 5.57 Å². The fourth-order valence-electron chi connectivity index (χ4n) is 0.900. The number of amides is 1. The second-order valence-electron chi connectivity index (χ2n) is 2.45. The van der Waals surface area contributed by atoms with Gasteiger partial charge in [-0.25, -0.2) is 0 Å². The van der Waals surface area contributed by atoms with Crippen molar-refractivity contribution in [1.82, 2.24) is 0 Å². The molecule has 0 aliphatic heterocycles. The van der Waals surface area contributed by atoms with Crippen molar-refractivity contribution in [1.29, 1.82) is 0 Å². The van der Waals surface area contributed by atoms with Gasteiger partial charge in [-0.3, -0.25) is 8.98 Å². The van der Waals surface area contributed by atoms with Gasteiger partial charge in [0.25, 0.3) is 10.1 Å². The molecule has 0 bridgehead atoms. The predicted octanol–water partition coefficient (Wildman–Crippen LogP) is -0.217. The van der Waals surface area contributed by atoms with Crippen LogP contribution in [0.25, 0.3) is 0 Å². The van der Waals surface area contributed by atoms with Crippen LogP contribution in [0, 0.1) is 0 Å². The van der Waals surface area contributed by atoms with Gasteiger partial charge in [0.15, 0.2) is 0 Å². The highest BCUT2D eigenvalue weighted by atomic mass is 32.2. The van der Waals surface area contributed by atoms with Crippen LogP contribution in [0.3, 0.4) is 0 Å². The van der Waals surface area contributed by atoms with E-state index in [1.807, 2.05) is 0 Å². The zero-order valence-corrected chi connectivity index (χ0v) is 8.43. The summed E-state index contributed by atoms with van der Waals surface area (Å²) in [5, 5.41) is -1.05. The van der Waals surface area contributed by atoms with Crippen LogP contribution in [0.5, 0.6) is 0 Å². The van der Waals surface area contributed by atoms with E-state index in [1.54, 1.807) is 6.92 Å². The summed E-state index contributed by atoms with van der Waals surface area (Å²) in [5.74, 6) is -0.826. The Bertz CT molecular complexity index is 306. The van der Waals surface area contributed by atoms with E-state index in [4.69, 9.17) is 5.73 Å². The lowest BCUT2D eigenvalue weighted by Gasteiger charge is -2.13. The highest BCUT2D eigenvalue weighted by Gasteiger charge is 2.28. The number of hydrogen-bond acceptors (Lipinski definition) is 4. The molecule has 0 saturated heterocycles. The van der Waals surface area contributed by atoms with E-state index in [0.29, 0.717) is 0 Å². The SMILES string of the molecule is C=C(C(N)=O)C(CC)S(=O)(=O)OC. The van der Waals surface area contributed by atoms with Crippen molar-refractivity contribution < 1.29 is 17.4 Å². The average molecular weight is 207 g/mol. The van der Waals surface area contributed by atoms with Crippen molar-refractivity contribution in [2.75, 3.05) is 7.11 Å². The molecule has 0 aromatic heterocycles. The molecular weight excluding hydrogens is 194 g/mol. The lowest BCUT2D eigenvalue weighted by atomic mass is 10.1. The molecule has 0 spiro atoms. The Hall–Kier alpha value is -0.880. The summed E-state index contributed by atoms with van der Waals surface area (Å²) in [4.78, 5) is 10.7. The maximum absolute atomic E-state index is 11.2. The molecule has 1 unspecified atom stereocenters. The van der Waals surface area contributed by atoms with Crippen molar-refractivity contribution >= 4 is 16.0 Å². The number of carbonyl (C=O) groups excluding carboxylic acids is 1. The molecule has 0 aromatic rings. The lowest BCUT2D eigenvalue weighted by Crippen LogP contribution is -2.30. The molecule has 0 radical (unpaired) electrons. The molecule has 0 saturated carbocycles. The molecule has 1 amide bonds. The monoisotopic (exact) mass is 207 g/mol. The van der Waals surface area contributed by atoms with Crippen molar-refractivity contribution in [2.24, 2.45) is 5.73 Å². The topological polar surface area (TPSA) is 86.5 Å². The van der Waals surface area contributed by atoms with Gasteiger partial charge in [-0.05, 0) is 6.42 Å². The molecule has 6 heteroatoms. The smallest absolute Gasteiger partial charge is 0.274 e. The normalized spacial score (nSPS) is 13.7. The van der Waals surface area contributed by atoms with Crippen molar-refractivity contribution in [3.05, 3.63) is 12.2 Å². The van der Waals surface area contributed by atoms with Crippen LogP contribution in [0.1, 0.15) is 13.3 Å². The average Bonchev–Trinajstić information content (AvgIpc) is 2.05. The number of carbonyl (C=O) groups is 1. The standard InChI is InChI=1S/C7H13NO4S/c1-4-6(5(2)7(8)9)13(10,11)12-3/h6H,2,4H2,1,3H3,(H2,8,9). The second-order valence-corrected chi connectivity index (χ2v) is 4.33. The first-order chi connectivity index (χ1) is 5.86. The second kappa shape index (κ2) is 4.38. The van der Waals surface area contributed by atoms with E-state index in [2.05, 4.69) is 10.8 Å². The van der Waals surface area contributed by atoms with E-state index in [9.17, 15) is 13.2 Å². The Kier molecular flexibility index (Phi) is 4.09. The van der Waals surface area contributed by atoms with E-state index in [1.165, 1.54) is 0 Å². The van der Waals surface area contributed by atoms with Crippen LogP contribution < -0.4 is 5.73 Å². The number of hydrogen-bond donors (Lipinski definition) is 1. The minimum absolute atomic E-state index is 0.149. The van der Waals surface area contributed by atoms with Crippen molar-refractivity contribution in [3.8, 4) is 0 Å². The molecule has 13 heavy (non-hydrogen) atoms. The van der Waals surface area contributed by atoms with Gasteiger partial charge < -0.3 is 5.73 Å². The molecule has 0 fully saturated rings. The van der Waals surface area contributed by atoms with Crippen LogP contribution in [-0.4, -0.2) is 26.7 Å². The first-order valence-electron chi connectivity index (χ1n) is 3.64. The van der Waals surface area contributed by atoms with Crippen LogP contribution in [0.2, 0.25) is 0 Å². The molecule has 76 valence electrons. The zero-order valence-electron chi connectivity index (χ0n) is 7.61. The molecule has 0 aromatic carbocycles. The van der Waals surface area contributed by atoms with E-state index in [-0.39, 0.29) is 12.0 Å². The molecular formula is C7H13NO4S. The Morgan fingerprint density at radius 2 is 2.08 bits per heavy atom. The summed E-state index contributed by atoms with van der Waals surface area (Å²) >= 11 is 0. The molecule has 1 atom stereocenters. The van der Waals surface area contributed by atoms with E-state index in [0.717, 1.165) is 7.11 Å². The summed E-state index contributed by atoms with van der Waals surface area (Å²) in [5.41, 5.74) is 4.76. The Balaban J connectivity index is 4.93. The maximum atomic E-state index is 11.2. The molecule has 2 N–H and O–H groups in total. The summed E-state index contributed by atoms with van der Waals surface area (Å²) in [6.45, 7) is 4.91. The molecule has 0 heterocycles. The van der Waals surface area contributed by atoms with Gasteiger partial charge >= 0.3 is 0 Å². The summed E-state index contributed by atoms with van der Waals surface area (Å²) in [6, 6.07) is 0. The van der Waals surface area contributed by atoms with Gasteiger partial charge in [0.2, 0.25) is 5.91 Å². The fourth-order valence-corrected chi connectivity index (χ4v) is 2.00. The molecule has 0 rings (SSSR count). The minimum Gasteiger partial charge on any atom is -0.366 e. The Morgan fingerprint density at radius 1 is 1.62 bits per heavy atom. The number of primary amides is 1. The van der Waals surface area contributed by atoms with Crippen LogP contribution in [0.15, 0.2) is 12.2 Å². The van der Waals surface area contributed by atoms with E-state index >= 15 is 0 Å². The first kappa shape index (κ1) is 12.1. The van der Waals surface area contributed by atoms with Gasteiger partial charge in [-0.1, -0.05) is 13.5 Å². The van der Waals surface area contributed by atoms with Crippen molar-refractivity contribution in [3.63, 3.8) is 0 Å². The van der Waals surface area contributed by atoms with Crippen LogP contribution in [0.4, 0.5) is 0 Å². The van der Waals surface area contributed by atoms with Gasteiger partial charge in [0.1, 0.15) is 5.25 Å². The Labute approximate surface area is 77.7 Å². The summed E-state index contributed by atoms with van der Waals surface area (Å²) in [6.07, 6.45) is 0.206. The fraction of sp³-hybridized carbons (Fsp3) is 0.571. The quantitative estimate of drug-likeness (QED) is 0.499. The first-order valence-corrected chi connectivity index (χ1v) is 5.12. The van der Waals surface area contributed by atoms with Gasteiger partial charge in [0.05, 0.1) is 7.11 Å². The third-order valence-corrected chi connectivity index (χ3v) is 3.44. The number of nitrogens with two attached hydrogens (primary N) is 1. The maximum Gasteiger partial charge on any atom is 0.274 e. The van der Waals surface area contributed by atoms with Crippen molar-refractivity contribution in [2.45, 2.75) is 18.6 Å². The van der Waals surface area contributed by atoms with Gasteiger partial charge in [-0.2, -0.15) is 8.42 Å². The van der Waals surface area contributed by atoms with E-state index < -0.39 is 21.3 Å².